The Labute approximate surface area is 181 Å². The Bertz CT molecular complexity index is 886. The molecule has 0 spiro atoms. The van der Waals surface area contributed by atoms with Gasteiger partial charge in [0.2, 0.25) is 5.91 Å². The zero-order valence-corrected chi connectivity index (χ0v) is 18.2. The van der Waals surface area contributed by atoms with Gasteiger partial charge in [0.25, 0.3) is 0 Å². The van der Waals surface area contributed by atoms with E-state index < -0.39 is 22.9 Å². The van der Waals surface area contributed by atoms with Crippen molar-refractivity contribution in [3.05, 3.63) is 58.8 Å². The minimum atomic E-state index is -4.61. The van der Waals surface area contributed by atoms with Crippen LogP contribution in [0.25, 0.3) is 0 Å². The van der Waals surface area contributed by atoms with Gasteiger partial charge in [0.15, 0.2) is 0 Å². The van der Waals surface area contributed by atoms with Crippen LogP contribution < -0.4 is 0 Å². The van der Waals surface area contributed by atoms with Gasteiger partial charge in [0.05, 0.1) is 23.6 Å². The third-order valence-electron chi connectivity index (χ3n) is 4.46. The van der Waals surface area contributed by atoms with E-state index in [9.17, 15) is 22.4 Å². The molecule has 30 heavy (non-hydrogen) atoms. The minimum Gasteiger partial charge on any atom is -0.464 e. The Balaban J connectivity index is 1.62. The maximum atomic E-state index is 13.7. The largest absolute Gasteiger partial charge is 0.464 e. The molecule has 3 rings (SSSR count). The number of hydrogen-bond acceptors (Lipinski definition) is 5. The van der Waals surface area contributed by atoms with Gasteiger partial charge in [-0.2, -0.15) is 24.9 Å². The van der Waals surface area contributed by atoms with Crippen molar-refractivity contribution in [2.45, 2.75) is 23.8 Å². The highest BCUT2D eigenvalue weighted by Crippen LogP contribution is 2.44. The van der Waals surface area contributed by atoms with E-state index in [0.717, 1.165) is 41.5 Å². The van der Waals surface area contributed by atoms with Crippen LogP contribution in [0.5, 0.6) is 0 Å². The van der Waals surface area contributed by atoms with E-state index in [-0.39, 0.29) is 23.8 Å². The molecule has 4 nitrogen and oxygen atoms in total. The smallest absolute Gasteiger partial charge is 0.416 e. The van der Waals surface area contributed by atoms with Gasteiger partial charge in [-0.25, -0.2) is 4.39 Å². The molecule has 1 atom stereocenters. The maximum Gasteiger partial charge on any atom is 0.416 e. The van der Waals surface area contributed by atoms with Crippen molar-refractivity contribution >= 4 is 29.4 Å². The molecule has 1 aliphatic rings. The second-order valence-electron chi connectivity index (χ2n) is 7.14. The van der Waals surface area contributed by atoms with Crippen molar-refractivity contribution in [3.63, 3.8) is 0 Å². The topological polar surface area (TPSA) is 36.7 Å². The number of hydrogen-bond donors (Lipinski definition) is 0. The number of carbonyl (C=O) groups is 1. The second-order valence-corrected chi connectivity index (χ2v) is 9.31. The monoisotopic (exact) mass is 462 g/mol. The fraction of sp³-hybridized carbons (Fsp3) is 0.450. The number of carbonyl (C=O) groups excluding carboxylic acids is 1. The number of benzene rings is 1. The van der Waals surface area contributed by atoms with Gasteiger partial charge < -0.3 is 14.2 Å². The van der Waals surface area contributed by atoms with E-state index in [1.54, 1.807) is 0 Å². The molecule has 2 heterocycles. The van der Waals surface area contributed by atoms with Gasteiger partial charge in [0.1, 0.15) is 22.7 Å². The maximum absolute atomic E-state index is 13.7. The van der Waals surface area contributed by atoms with Gasteiger partial charge in [0, 0.05) is 12.3 Å². The number of furan rings is 1. The summed E-state index contributed by atoms with van der Waals surface area (Å²) in [6.45, 7) is 0.973. The number of thioether (sulfide) groups is 2. The number of nitrogens with zero attached hydrogens (tertiary/aromatic N) is 2. The summed E-state index contributed by atoms with van der Waals surface area (Å²) in [7, 11) is 3.89. The third-order valence-corrected chi connectivity index (χ3v) is 6.66. The summed E-state index contributed by atoms with van der Waals surface area (Å²) in [5.41, 5.74) is -1.11. The summed E-state index contributed by atoms with van der Waals surface area (Å²) in [6, 6.07) is 6.22. The lowest BCUT2D eigenvalue weighted by molar-refractivity contribution is -0.139. The molecule has 2 aromatic rings. The van der Waals surface area contributed by atoms with Crippen LogP contribution in [0.3, 0.4) is 0 Å². The van der Waals surface area contributed by atoms with Crippen molar-refractivity contribution in [2.24, 2.45) is 0 Å². The highest BCUT2D eigenvalue weighted by Gasteiger charge is 2.40. The quantitative estimate of drug-likeness (QED) is 0.407. The Morgan fingerprint density at radius 3 is 2.67 bits per heavy atom. The van der Waals surface area contributed by atoms with Crippen LogP contribution in [0.2, 0.25) is 0 Å². The van der Waals surface area contributed by atoms with Gasteiger partial charge in [-0.05, 0) is 50.0 Å². The molecule has 1 amide bonds. The molecule has 1 fully saturated rings. The first-order valence-electron chi connectivity index (χ1n) is 9.23. The highest BCUT2D eigenvalue weighted by molar-refractivity contribution is 8.00. The molecular weight excluding hydrogens is 440 g/mol. The van der Waals surface area contributed by atoms with Crippen molar-refractivity contribution in [3.8, 4) is 0 Å². The van der Waals surface area contributed by atoms with Crippen LogP contribution in [-0.4, -0.2) is 47.9 Å². The number of rotatable bonds is 8. The predicted octanol–water partition coefficient (Wildman–Crippen LogP) is 5.01. The summed E-state index contributed by atoms with van der Waals surface area (Å²) in [4.78, 5) is 15.7. The molecule has 0 radical (unpaired) electrons. The van der Waals surface area contributed by atoms with Crippen LogP contribution in [0.4, 0.5) is 17.6 Å². The number of halogens is 4. The zero-order chi connectivity index (χ0) is 21.9. The van der Waals surface area contributed by atoms with E-state index in [2.05, 4.69) is 0 Å². The minimum absolute atomic E-state index is 0.0786. The van der Waals surface area contributed by atoms with E-state index >= 15 is 0 Å². The first-order chi connectivity index (χ1) is 14.1. The van der Waals surface area contributed by atoms with Crippen molar-refractivity contribution in [1.82, 2.24) is 9.80 Å². The van der Waals surface area contributed by atoms with Crippen LogP contribution >= 0.6 is 23.5 Å². The Hall–Kier alpha value is -1.65. The first-order valence-corrected chi connectivity index (χ1v) is 11.4. The molecule has 0 aliphatic carbocycles. The van der Waals surface area contributed by atoms with E-state index in [1.165, 1.54) is 16.7 Å². The fourth-order valence-corrected chi connectivity index (χ4v) is 5.25. The molecule has 1 aliphatic heterocycles. The summed E-state index contributed by atoms with van der Waals surface area (Å²) in [5, 5.41) is -0.847. The number of amides is 1. The molecule has 164 valence electrons. The zero-order valence-electron chi connectivity index (χ0n) is 16.5. The molecule has 1 aromatic heterocycles. The average Bonchev–Trinajstić information content (AvgIpc) is 3.23. The predicted molar refractivity (Wildman–Crippen MR) is 111 cm³/mol. The van der Waals surface area contributed by atoms with Gasteiger partial charge in [-0.3, -0.25) is 4.79 Å². The molecule has 10 heteroatoms. The van der Waals surface area contributed by atoms with Crippen molar-refractivity contribution in [1.29, 1.82) is 0 Å². The third kappa shape index (κ3) is 5.73. The molecular formula is C20H22F4N2O2S2. The van der Waals surface area contributed by atoms with Gasteiger partial charge in [-0.1, -0.05) is 0 Å². The first kappa shape index (κ1) is 23.0. The lowest BCUT2D eigenvalue weighted by atomic mass is 10.1. The van der Waals surface area contributed by atoms with Crippen LogP contribution in [0.15, 0.2) is 34.7 Å². The molecule has 1 unspecified atom stereocenters. The number of alkyl halides is 3. The van der Waals surface area contributed by atoms with E-state index in [4.69, 9.17) is 4.42 Å². The van der Waals surface area contributed by atoms with Crippen LogP contribution in [0.1, 0.15) is 28.0 Å². The molecule has 0 N–H and O–H groups in total. The van der Waals surface area contributed by atoms with E-state index in [1.807, 2.05) is 31.1 Å². The molecule has 0 saturated carbocycles. The van der Waals surface area contributed by atoms with Gasteiger partial charge >= 0.3 is 6.18 Å². The second kappa shape index (κ2) is 9.65. The SMILES string of the molecule is CN(C)Cc1ccc(CSCCN2C(=O)CSC2c2cc(F)ccc2C(F)(F)F)o1. The van der Waals surface area contributed by atoms with Crippen molar-refractivity contribution < 1.29 is 26.8 Å². The van der Waals surface area contributed by atoms with Crippen molar-refractivity contribution in [2.75, 3.05) is 32.1 Å². The standard InChI is InChI=1S/C20H22F4N2O2S2/c1-25(2)10-14-4-5-15(28-14)11-29-8-7-26-18(27)12-30-19(26)16-9-13(21)3-6-17(16)20(22,23)24/h3-6,9,19H,7-8,10-12H2,1-2H3. The Morgan fingerprint density at radius 2 is 1.97 bits per heavy atom. The fourth-order valence-electron chi connectivity index (χ4n) is 3.18. The Kier molecular flexibility index (Phi) is 7.41. The van der Waals surface area contributed by atoms with Crippen LogP contribution in [-0.2, 0) is 23.3 Å². The lowest BCUT2D eigenvalue weighted by Gasteiger charge is -2.26. The highest BCUT2D eigenvalue weighted by atomic mass is 32.2. The van der Waals surface area contributed by atoms with E-state index in [0.29, 0.717) is 18.1 Å². The summed E-state index contributed by atoms with van der Waals surface area (Å²) in [6.07, 6.45) is -4.61. The average molecular weight is 463 g/mol. The molecule has 1 aromatic carbocycles. The molecule has 1 saturated heterocycles. The summed E-state index contributed by atoms with van der Waals surface area (Å²) < 4.78 is 59.6. The molecule has 0 bridgehead atoms. The van der Waals surface area contributed by atoms with Crippen LogP contribution in [0, 0.1) is 5.82 Å². The normalized spacial score (nSPS) is 17.4. The lowest BCUT2D eigenvalue weighted by Crippen LogP contribution is -2.31. The summed E-state index contributed by atoms with van der Waals surface area (Å²) in [5.74, 6) is 1.87. The summed E-state index contributed by atoms with van der Waals surface area (Å²) >= 11 is 2.62. The van der Waals surface area contributed by atoms with Gasteiger partial charge in [-0.15, -0.1) is 11.8 Å². The Morgan fingerprint density at radius 1 is 1.23 bits per heavy atom.